The molecule has 3 aromatic carbocycles. The van der Waals surface area contributed by atoms with Crippen LogP contribution in [0.4, 0.5) is 11.4 Å². The molecule has 0 fully saturated rings. The van der Waals surface area contributed by atoms with Gasteiger partial charge in [0, 0.05) is 22.7 Å². The molecule has 8 nitrogen and oxygen atoms in total. The van der Waals surface area contributed by atoms with Crippen molar-refractivity contribution in [3.05, 3.63) is 84.1 Å². The highest BCUT2D eigenvalue weighted by atomic mass is 32.1. The smallest absolute Gasteiger partial charge is 0.291 e. The van der Waals surface area contributed by atoms with Crippen LogP contribution in [0.15, 0.2) is 77.2 Å². The van der Waals surface area contributed by atoms with E-state index in [9.17, 15) is 9.59 Å². The summed E-state index contributed by atoms with van der Waals surface area (Å²) in [7, 11) is 3.04. The number of nitrogens with one attached hydrogen (secondary N) is 3. The second-order valence-corrected chi connectivity index (χ2v) is 7.56. The lowest BCUT2D eigenvalue weighted by atomic mass is 10.2. The summed E-state index contributed by atoms with van der Waals surface area (Å²) >= 11 is 5.25. The fraction of sp³-hybridized carbons (Fsp3) is 0.0800. The normalized spacial score (nSPS) is 10.4. The van der Waals surface area contributed by atoms with Crippen molar-refractivity contribution in [2.45, 2.75) is 0 Å². The fourth-order valence-electron chi connectivity index (χ4n) is 3.23. The molecule has 0 radical (unpaired) electrons. The SMILES string of the molecule is COc1ccc(C(=O)NC(=S)Nc2ccc(NC(=O)c3cc4ccccc4o3)c(OC)c2)cc1. The van der Waals surface area contributed by atoms with E-state index in [1.165, 1.54) is 7.11 Å². The van der Waals surface area contributed by atoms with Crippen molar-refractivity contribution in [3.63, 3.8) is 0 Å². The maximum absolute atomic E-state index is 12.7. The molecular weight excluding hydrogens is 454 g/mol. The van der Waals surface area contributed by atoms with Crippen LogP contribution in [0.5, 0.6) is 11.5 Å². The number of ether oxygens (including phenoxy) is 2. The highest BCUT2D eigenvalue weighted by Crippen LogP contribution is 2.29. The van der Waals surface area contributed by atoms with E-state index in [-0.39, 0.29) is 16.8 Å². The predicted octanol–water partition coefficient (Wildman–Crippen LogP) is 4.83. The Labute approximate surface area is 200 Å². The molecule has 1 heterocycles. The van der Waals surface area contributed by atoms with Gasteiger partial charge in [-0.1, -0.05) is 18.2 Å². The lowest BCUT2D eigenvalue weighted by Crippen LogP contribution is -2.34. The van der Waals surface area contributed by atoms with Crippen LogP contribution in [-0.4, -0.2) is 31.1 Å². The average Bonchev–Trinajstić information content (AvgIpc) is 3.29. The molecule has 4 rings (SSSR count). The van der Waals surface area contributed by atoms with Crippen molar-refractivity contribution in [2.24, 2.45) is 0 Å². The van der Waals surface area contributed by atoms with Crippen LogP contribution >= 0.6 is 12.2 Å². The second kappa shape index (κ2) is 10.1. The summed E-state index contributed by atoms with van der Waals surface area (Å²) in [6.07, 6.45) is 0. The van der Waals surface area contributed by atoms with E-state index >= 15 is 0 Å². The first-order valence-electron chi connectivity index (χ1n) is 10.2. The van der Waals surface area contributed by atoms with Gasteiger partial charge in [0.2, 0.25) is 0 Å². The Morgan fingerprint density at radius 1 is 0.853 bits per heavy atom. The van der Waals surface area contributed by atoms with Gasteiger partial charge in [0.1, 0.15) is 17.1 Å². The van der Waals surface area contributed by atoms with Crippen LogP contribution in [-0.2, 0) is 0 Å². The van der Waals surface area contributed by atoms with E-state index in [4.69, 9.17) is 26.1 Å². The number of thiocarbonyl (C=S) groups is 1. The van der Waals surface area contributed by atoms with Gasteiger partial charge in [-0.3, -0.25) is 14.9 Å². The van der Waals surface area contributed by atoms with E-state index in [0.29, 0.717) is 34.0 Å². The number of hydrogen-bond acceptors (Lipinski definition) is 6. The zero-order valence-corrected chi connectivity index (χ0v) is 19.2. The summed E-state index contributed by atoms with van der Waals surface area (Å²) in [6.45, 7) is 0. The molecule has 9 heteroatoms. The van der Waals surface area contributed by atoms with Crippen molar-refractivity contribution in [1.29, 1.82) is 0 Å². The molecule has 0 aliphatic heterocycles. The highest BCUT2D eigenvalue weighted by molar-refractivity contribution is 7.80. The predicted molar refractivity (Wildman–Crippen MR) is 134 cm³/mol. The molecule has 3 N–H and O–H groups in total. The van der Waals surface area contributed by atoms with Gasteiger partial charge < -0.3 is 24.5 Å². The minimum absolute atomic E-state index is 0.113. The maximum Gasteiger partial charge on any atom is 0.291 e. The Hall–Kier alpha value is -4.37. The van der Waals surface area contributed by atoms with Gasteiger partial charge >= 0.3 is 0 Å². The highest BCUT2D eigenvalue weighted by Gasteiger charge is 2.15. The number of para-hydroxylation sites is 1. The third kappa shape index (κ3) is 5.16. The summed E-state index contributed by atoms with van der Waals surface area (Å²) in [5.74, 6) is 0.475. The van der Waals surface area contributed by atoms with E-state index < -0.39 is 5.91 Å². The molecule has 0 aliphatic rings. The third-order valence-electron chi connectivity index (χ3n) is 4.94. The van der Waals surface area contributed by atoms with Crippen LogP contribution < -0.4 is 25.4 Å². The minimum atomic E-state index is -0.405. The average molecular weight is 476 g/mol. The molecule has 172 valence electrons. The largest absolute Gasteiger partial charge is 0.497 e. The second-order valence-electron chi connectivity index (χ2n) is 7.15. The molecule has 4 aromatic rings. The fourth-order valence-corrected chi connectivity index (χ4v) is 3.44. The molecule has 0 spiro atoms. The zero-order chi connectivity index (χ0) is 24.1. The first-order chi connectivity index (χ1) is 16.5. The number of methoxy groups -OCH3 is 2. The zero-order valence-electron chi connectivity index (χ0n) is 18.4. The number of anilines is 2. The number of carbonyl (C=O) groups excluding carboxylic acids is 2. The third-order valence-corrected chi connectivity index (χ3v) is 5.14. The number of rotatable bonds is 6. The summed E-state index contributed by atoms with van der Waals surface area (Å²) in [5.41, 5.74) is 2.08. The van der Waals surface area contributed by atoms with E-state index in [1.807, 2.05) is 18.2 Å². The van der Waals surface area contributed by atoms with Crippen molar-refractivity contribution in [3.8, 4) is 11.5 Å². The van der Waals surface area contributed by atoms with Gasteiger partial charge in [0.15, 0.2) is 10.9 Å². The monoisotopic (exact) mass is 475 g/mol. The topological polar surface area (TPSA) is 102 Å². The molecule has 0 saturated heterocycles. The van der Waals surface area contributed by atoms with Gasteiger partial charge in [-0.25, -0.2) is 0 Å². The number of hydrogen-bond donors (Lipinski definition) is 3. The molecule has 0 bridgehead atoms. The summed E-state index contributed by atoms with van der Waals surface area (Å²) in [6, 6.07) is 20.7. The molecular formula is C25H21N3O5S. The van der Waals surface area contributed by atoms with Crippen LogP contribution in [0.1, 0.15) is 20.9 Å². The standard InChI is InChI=1S/C25H21N3O5S/c1-31-18-10-7-15(8-11-18)23(29)28-25(34)26-17-9-12-19(21(14-17)32-2)27-24(30)22-13-16-5-3-4-6-20(16)33-22/h3-14H,1-2H3,(H,27,30)(H2,26,28,29,34). The van der Waals surface area contributed by atoms with Gasteiger partial charge in [0.05, 0.1) is 19.9 Å². The Balaban J connectivity index is 1.41. The number of furan rings is 1. The number of fused-ring (bicyclic) bond motifs is 1. The Morgan fingerprint density at radius 2 is 1.62 bits per heavy atom. The maximum atomic E-state index is 12.7. The number of amides is 2. The van der Waals surface area contributed by atoms with Crippen LogP contribution in [0.2, 0.25) is 0 Å². The lowest BCUT2D eigenvalue weighted by Gasteiger charge is -2.13. The summed E-state index contributed by atoms with van der Waals surface area (Å²) in [5, 5.41) is 9.29. The quantitative estimate of drug-likeness (QED) is 0.343. The first kappa shape index (κ1) is 22.8. The lowest BCUT2D eigenvalue weighted by molar-refractivity contribution is 0.0975. The van der Waals surface area contributed by atoms with E-state index in [1.54, 1.807) is 61.7 Å². The Bertz CT molecular complexity index is 1330. The van der Waals surface area contributed by atoms with Gasteiger partial charge in [-0.15, -0.1) is 0 Å². The van der Waals surface area contributed by atoms with Crippen molar-refractivity contribution in [2.75, 3.05) is 24.9 Å². The summed E-state index contributed by atoms with van der Waals surface area (Å²) in [4.78, 5) is 25.0. The molecule has 0 saturated carbocycles. The molecule has 1 aromatic heterocycles. The van der Waals surface area contributed by atoms with Gasteiger partial charge in [-0.2, -0.15) is 0 Å². The Kier molecular flexibility index (Phi) is 6.74. The molecule has 0 atom stereocenters. The van der Waals surface area contributed by atoms with Gasteiger partial charge in [0.25, 0.3) is 11.8 Å². The molecule has 0 unspecified atom stereocenters. The number of benzene rings is 3. The van der Waals surface area contributed by atoms with E-state index in [0.717, 1.165) is 5.39 Å². The number of carbonyl (C=O) groups is 2. The Morgan fingerprint density at radius 3 is 2.32 bits per heavy atom. The van der Waals surface area contributed by atoms with Crippen LogP contribution in [0.3, 0.4) is 0 Å². The van der Waals surface area contributed by atoms with Crippen molar-refractivity contribution >= 4 is 51.5 Å². The first-order valence-corrected chi connectivity index (χ1v) is 10.6. The van der Waals surface area contributed by atoms with Crippen molar-refractivity contribution < 1.29 is 23.5 Å². The van der Waals surface area contributed by atoms with Gasteiger partial charge in [-0.05, 0) is 60.7 Å². The summed E-state index contributed by atoms with van der Waals surface area (Å²) < 4.78 is 16.1. The van der Waals surface area contributed by atoms with E-state index in [2.05, 4.69) is 16.0 Å². The molecule has 0 aliphatic carbocycles. The molecule has 34 heavy (non-hydrogen) atoms. The molecule has 2 amide bonds. The van der Waals surface area contributed by atoms with Crippen LogP contribution in [0, 0.1) is 0 Å². The van der Waals surface area contributed by atoms with Crippen LogP contribution in [0.25, 0.3) is 11.0 Å². The minimum Gasteiger partial charge on any atom is -0.497 e. The van der Waals surface area contributed by atoms with Crippen molar-refractivity contribution in [1.82, 2.24) is 5.32 Å².